The Labute approximate surface area is 145 Å². The number of nitrogens with one attached hydrogen (secondary N) is 1. The fraction of sp³-hybridized carbons (Fsp3) is 0.389. The quantitative estimate of drug-likeness (QED) is 0.853. The Hall–Kier alpha value is -2.08. The maximum absolute atomic E-state index is 12.6. The highest BCUT2D eigenvalue weighted by molar-refractivity contribution is 8.18. The van der Waals surface area contributed by atoms with Gasteiger partial charge < -0.3 is 4.90 Å². The van der Waals surface area contributed by atoms with Crippen molar-refractivity contribution in [1.82, 2.24) is 10.2 Å². The molecule has 0 radical (unpaired) electrons. The fourth-order valence-corrected chi connectivity index (χ4v) is 3.81. The van der Waals surface area contributed by atoms with Crippen molar-refractivity contribution in [1.29, 1.82) is 0 Å². The normalized spacial score (nSPS) is 20.3. The van der Waals surface area contributed by atoms with Crippen LogP contribution in [-0.2, 0) is 4.79 Å². The van der Waals surface area contributed by atoms with Gasteiger partial charge in [-0.15, -0.1) is 0 Å². The van der Waals surface area contributed by atoms with Crippen LogP contribution in [0.5, 0.6) is 0 Å². The zero-order valence-corrected chi connectivity index (χ0v) is 14.4. The predicted molar refractivity (Wildman–Crippen MR) is 94.5 cm³/mol. The van der Waals surface area contributed by atoms with Crippen LogP contribution in [0.2, 0.25) is 0 Å². The van der Waals surface area contributed by atoms with Crippen LogP contribution >= 0.6 is 11.8 Å². The topological polar surface area (TPSA) is 66.5 Å². The smallest absolute Gasteiger partial charge is 0.290 e. The number of amides is 3. The Morgan fingerprint density at radius 1 is 1.17 bits per heavy atom. The molecule has 1 N–H and O–H groups in total. The third kappa shape index (κ3) is 3.70. The van der Waals surface area contributed by atoms with Gasteiger partial charge in [0.2, 0.25) is 0 Å². The number of imide groups is 1. The van der Waals surface area contributed by atoms with Crippen LogP contribution in [0.25, 0.3) is 6.08 Å². The molecule has 1 aliphatic heterocycles. The van der Waals surface area contributed by atoms with Gasteiger partial charge in [0.15, 0.2) is 0 Å². The fourth-order valence-electron chi connectivity index (χ4n) is 3.13. The minimum Gasteiger partial charge on any atom is -0.339 e. The lowest BCUT2D eigenvalue weighted by atomic mass is 9.94. The van der Waals surface area contributed by atoms with Gasteiger partial charge in [-0.25, -0.2) is 0 Å². The number of thioether (sulfide) groups is 1. The lowest BCUT2D eigenvalue weighted by Crippen LogP contribution is -2.38. The molecular weight excluding hydrogens is 324 g/mol. The van der Waals surface area contributed by atoms with Crippen molar-refractivity contribution in [3.05, 3.63) is 40.3 Å². The molecule has 126 valence electrons. The van der Waals surface area contributed by atoms with E-state index >= 15 is 0 Å². The average Bonchev–Trinajstić information content (AvgIpc) is 2.92. The number of hydrogen-bond donors (Lipinski definition) is 1. The van der Waals surface area contributed by atoms with E-state index in [0.29, 0.717) is 16.5 Å². The average molecular weight is 344 g/mol. The van der Waals surface area contributed by atoms with Gasteiger partial charge in [0, 0.05) is 18.7 Å². The zero-order valence-electron chi connectivity index (χ0n) is 13.6. The zero-order chi connectivity index (χ0) is 17.1. The first-order valence-corrected chi connectivity index (χ1v) is 8.98. The summed E-state index contributed by atoms with van der Waals surface area (Å²) in [4.78, 5) is 37.5. The molecule has 0 unspecified atom stereocenters. The highest BCUT2D eigenvalue weighted by Crippen LogP contribution is 2.26. The molecule has 1 saturated carbocycles. The maximum Gasteiger partial charge on any atom is 0.290 e. The van der Waals surface area contributed by atoms with Gasteiger partial charge in [-0.05, 0) is 48.4 Å². The summed E-state index contributed by atoms with van der Waals surface area (Å²) >= 11 is 0.889. The Balaban J connectivity index is 1.70. The Morgan fingerprint density at radius 2 is 1.83 bits per heavy atom. The summed E-state index contributed by atoms with van der Waals surface area (Å²) in [6, 6.07) is 7.47. The van der Waals surface area contributed by atoms with Gasteiger partial charge in [-0.1, -0.05) is 31.4 Å². The van der Waals surface area contributed by atoms with Gasteiger partial charge in [-0.2, -0.15) is 0 Å². The number of benzene rings is 1. The minimum atomic E-state index is -0.373. The first kappa shape index (κ1) is 16.8. The summed E-state index contributed by atoms with van der Waals surface area (Å²) in [6.07, 6.45) is 7.44. The summed E-state index contributed by atoms with van der Waals surface area (Å²) in [7, 11) is 1.87. The third-order valence-electron chi connectivity index (χ3n) is 4.54. The van der Waals surface area contributed by atoms with Crippen LogP contribution in [0, 0.1) is 0 Å². The van der Waals surface area contributed by atoms with E-state index in [-0.39, 0.29) is 17.1 Å². The molecule has 5 nitrogen and oxygen atoms in total. The number of carbonyl (C=O) groups is 3. The van der Waals surface area contributed by atoms with E-state index in [2.05, 4.69) is 5.32 Å². The molecule has 1 saturated heterocycles. The van der Waals surface area contributed by atoms with Gasteiger partial charge in [0.05, 0.1) is 4.91 Å². The van der Waals surface area contributed by atoms with E-state index < -0.39 is 0 Å². The van der Waals surface area contributed by atoms with Crippen LogP contribution < -0.4 is 5.32 Å². The van der Waals surface area contributed by atoms with Gasteiger partial charge in [0.1, 0.15) is 0 Å². The molecule has 1 aliphatic carbocycles. The molecule has 0 spiro atoms. The van der Waals surface area contributed by atoms with Crippen LogP contribution in [0.15, 0.2) is 29.2 Å². The van der Waals surface area contributed by atoms with Crippen molar-refractivity contribution in [3.8, 4) is 0 Å². The largest absolute Gasteiger partial charge is 0.339 e. The highest BCUT2D eigenvalue weighted by Gasteiger charge is 2.25. The Kier molecular flexibility index (Phi) is 5.04. The Bertz CT molecular complexity index is 691. The van der Waals surface area contributed by atoms with Crippen LogP contribution in [0.1, 0.15) is 48.0 Å². The summed E-state index contributed by atoms with van der Waals surface area (Å²) in [5.41, 5.74) is 1.43. The molecule has 0 bridgehead atoms. The first-order chi connectivity index (χ1) is 11.5. The molecule has 1 aromatic rings. The molecule has 2 fully saturated rings. The molecule has 3 amide bonds. The SMILES string of the molecule is CN(C(=O)c1ccc(C=C2SC(=O)NC2=O)cc1)C1CCCCC1. The molecule has 0 atom stereocenters. The molecule has 1 aromatic carbocycles. The van der Waals surface area contributed by atoms with E-state index in [1.807, 2.05) is 11.9 Å². The Morgan fingerprint density at radius 3 is 2.42 bits per heavy atom. The van der Waals surface area contributed by atoms with Crippen molar-refractivity contribution >= 4 is 34.9 Å². The molecule has 6 heteroatoms. The van der Waals surface area contributed by atoms with Gasteiger partial charge in [-0.3, -0.25) is 19.7 Å². The second-order valence-corrected chi connectivity index (χ2v) is 7.20. The lowest BCUT2D eigenvalue weighted by Gasteiger charge is -2.31. The van der Waals surface area contributed by atoms with Crippen LogP contribution in [0.4, 0.5) is 4.79 Å². The summed E-state index contributed by atoms with van der Waals surface area (Å²) < 4.78 is 0. The molecular formula is C18H20N2O3S. The highest BCUT2D eigenvalue weighted by atomic mass is 32.2. The first-order valence-electron chi connectivity index (χ1n) is 8.16. The molecule has 0 aromatic heterocycles. The number of rotatable bonds is 3. The maximum atomic E-state index is 12.6. The minimum absolute atomic E-state index is 0.0317. The summed E-state index contributed by atoms with van der Waals surface area (Å²) in [6.45, 7) is 0. The molecule has 1 heterocycles. The molecule has 3 rings (SSSR count). The van der Waals surface area contributed by atoms with E-state index in [9.17, 15) is 14.4 Å². The molecule has 2 aliphatic rings. The van der Waals surface area contributed by atoms with E-state index in [1.165, 1.54) is 19.3 Å². The van der Waals surface area contributed by atoms with Gasteiger partial charge in [0.25, 0.3) is 17.1 Å². The second kappa shape index (κ2) is 7.21. The predicted octanol–water partition coefficient (Wildman–Crippen LogP) is 3.42. The lowest BCUT2D eigenvalue weighted by molar-refractivity contribution is -0.115. The number of nitrogens with zero attached hydrogens (tertiary/aromatic N) is 1. The summed E-state index contributed by atoms with van der Waals surface area (Å²) in [5, 5.41) is 1.87. The number of hydrogen-bond acceptors (Lipinski definition) is 4. The number of carbonyl (C=O) groups excluding carboxylic acids is 3. The summed E-state index contributed by atoms with van der Waals surface area (Å²) in [5.74, 6) is -0.341. The second-order valence-electron chi connectivity index (χ2n) is 6.18. The van der Waals surface area contributed by atoms with Crippen LogP contribution in [-0.4, -0.2) is 35.0 Å². The van der Waals surface area contributed by atoms with Crippen molar-refractivity contribution in [2.75, 3.05) is 7.05 Å². The van der Waals surface area contributed by atoms with Crippen molar-refractivity contribution < 1.29 is 14.4 Å². The van der Waals surface area contributed by atoms with Crippen LogP contribution in [0.3, 0.4) is 0 Å². The van der Waals surface area contributed by atoms with E-state index in [1.54, 1.807) is 30.3 Å². The van der Waals surface area contributed by atoms with Gasteiger partial charge >= 0.3 is 0 Å². The van der Waals surface area contributed by atoms with Crippen molar-refractivity contribution in [2.45, 2.75) is 38.1 Å². The molecule has 24 heavy (non-hydrogen) atoms. The van der Waals surface area contributed by atoms with E-state index in [0.717, 1.165) is 30.2 Å². The monoisotopic (exact) mass is 344 g/mol. The van der Waals surface area contributed by atoms with Crippen molar-refractivity contribution in [3.63, 3.8) is 0 Å². The van der Waals surface area contributed by atoms with Crippen molar-refractivity contribution in [2.24, 2.45) is 0 Å². The standard InChI is InChI=1S/C18H20N2O3S/c1-20(14-5-3-2-4-6-14)17(22)13-9-7-12(8-10-13)11-15-16(21)19-18(23)24-15/h7-11,14H,2-6H2,1H3,(H,19,21,23). The van der Waals surface area contributed by atoms with E-state index in [4.69, 9.17) is 0 Å². The third-order valence-corrected chi connectivity index (χ3v) is 5.35.